The maximum absolute atomic E-state index is 12.2. The summed E-state index contributed by atoms with van der Waals surface area (Å²) in [5.74, 6) is 0.283. The minimum atomic E-state index is -0.275. The van der Waals surface area contributed by atoms with Gasteiger partial charge in [0.25, 0.3) is 5.91 Å². The number of benzene rings is 2. The Balaban J connectivity index is 2.18. The molecule has 1 amide bonds. The van der Waals surface area contributed by atoms with Gasteiger partial charge >= 0.3 is 0 Å². The predicted octanol–water partition coefficient (Wildman–Crippen LogP) is 5.25. The van der Waals surface area contributed by atoms with E-state index in [0.29, 0.717) is 33.7 Å². The van der Waals surface area contributed by atoms with Crippen LogP contribution in [0.4, 0.5) is 5.69 Å². The maximum atomic E-state index is 12.2. The van der Waals surface area contributed by atoms with Crippen molar-refractivity contribution in [2.45, 2.75) is 6.92 Å². The summed E-state index contributed by atoms with van der Waals surface area (Å²) in [6.45, 7) is 2.39. The highest BCUT2D eigenvalue weighted by molar-refractivity contribution is 14.1. The van der Waals surface area contributed by atoms with E-state index in [-0.39, 0.29) is 5.91 Å². The number of nitrogens with one attached hydrogen (secondary N) is 1. The van der Waals surface area contributed by atoms with Crippen molar-refractivity contribution >= 4 is 57.4 Å². The van der Waals surface area contributed by atoms with Crippen molar-refractivity contribution in [3.63, 3.8) is 0 Å². The van der Waals surface area contributed by atoms with Gasteiger partial charge in [0.05, 0.1) is 22.3 Å². The molecule has 2 aromatic carbocycles. The second-order valence-electron chi connectivity index (χ2n) is 4.16. The SMILES string of the molecule is CCOc1ccc(C(=O)Nc2ccc(I)cc2Cl)cc1Cl. The molecule has 2 rings (SSSR count). The summed E-state index contributed by atoms with van der Waals surface area (Å²) in [6, 6.07) is 10.3. The lowest BCUT2D eigenvalue weighted by atomic mass is 10.2. The van der Waals surface area contributed by atoms with Crippen LogP contribution in [0.3, 0.4) is 0 Å². The lowest BCUT2D eigenvalue weighted by molar-refractivity contribution is 0.102. The van der Waals surface area contributed by atoms with Crippen LogP contribution in [0.25, 0.3) is 0 Å². The van der Waals surface area contributed by atoms with Gasteiger partial charge in [0.15, 0.2) is 0 Å². The van der Waals surface area contributed by atoms with Crippen molar-refractivity contribution in [1.29, 1.82) is 0 Å². The van der Waals surface area contributed by atoms with Gasteiger partial charge in [-0.05, 0) is 65.9 Å². The van der Waals surface area contributed by atoms with E-state index in [2.05, 4.69) is 27.9 Å². The molecule has 0 aromatic heterocycles. The zero-order valence-electron chi connectivity index (χ0n) is 11.1. The smallest absolute Gasteiger partial charge is 0.255 e. The van der Waals surface area contributed by atoms with E-state index in [0.717, 1.165) is 3.57 Å². The highest BCUT2D eigenvalue weighted by atomic mass is 127. The predicted molar refractivity (Wildman–Crippen MR) is 94.7 cm³/mol. The molecule has 0 fully saturated rings. The number of hydrogen-bond acceptors (Lipinski definition) is 2. The molecule has 0 saturated heterocycles. The first-order valence-corrected chi connectivity index (χ1v) is 8.03. The van der Waals surface area contributed by atoms with Gasteiger partial charge in [-0.3, -0.25) is 4.79 Å². The van der Waals surface area contributed by atoms with E-state index in [1.165, 1.54) is 0 Å². The summed E-state index contributed by atoms with van der Waals surface area (Å²) in [7, 11) is 0. The Kier molecular flexibility index (Phi) is 5.72. The monoisotopic (exact) mass is 435 g/mol. The third-order valence-electron chi connectivity index (χ3n) is 2.67. The van der Waals surface area contributed by atoms with Crippen LogP contribution in [0.5, 0.6) is 5.75 Å². The summed E-state index contributed by atoms with van der Waals surface area (Å²) in [5, 5.41) is 3.65. The molecule has 0 aliphatic heterocycles. The van der Waals surface area contributed by atoms with Crippen molar-refractivity contribution in [2.24, 2.45) is 0 Å². The van der Waals surface area contributed by atoms with Crippen LogP contribution >= 0.6 is 45.8 Å². The summed E-state index contributed by atoms with van der Waals surface area (Å²) >= 11 is 14.3. The van der Waals surface area contributed by atoms with Crippen molar-refractivity contribution in [1.82, 2.24) is 0 Å². The molecule has 6 heteroatoms. The second-order valence-corrected chi connectivity index (χ2v) is 6.22. The topological polar surface area (TPSA) is 38.3 Å². The zero-order chi connectivity index (χ0) is 15.4. The largest absolute Gasteiger partial charge is 0.492 e. The van der Waals surface area contributed by atoms with E-state index in [1.807, 2.05) is 13.0 Å². The molecule has 0 spiro atoms. The first kappa shape index (κ1) is 16.4. The average molecular weight is 436 g/mol. The van der Waals surface area contributed by atoms with Crippen LogP contribution in [0.1, 0.15) is 17.3 Å². The van der Waals surface area contributed by atoms with Crippen LogP contribution in [0, 0.1) is 3.57 Å². The minimum absolute atomic E-state index is 0.275. The highest BCUT2D eigenvalue weighted by Gasteiger charge is 2.11. The fourth-order valence-corrected chi connectivity index (χ4v) is 2.84. The molecule has 2 aromatic rings. The van der Waals surface area contributed by atoms with Gasteiger partial charge in [-0.25, -0.2) is 0 Å². The number of hydrogen-bond donors (Lipinski definition) is 1. The Morgan fingerprint density at radius 1 is 1.19 bits per heavy atom. The van der Waals surface area contributed by atoms with Gasteiger partial charge in [-0.15, -0.1) is 0 Å². The normalized spacial score (nSPS) is 10.3. The van der Waals surface area contributed by atoms with Crippen LogP contribution < -0.4 is 10.1 Å². The molecule has 0 saturated carbocycles. The molecule has 0 aliphatic carbocycles. The Morgan fingerprint density at radius 2 is 1.95 bits per heavy atom. The number of halogens is 3. The maximum Gasteiger partial charge on any atom is 0.255 e. The van der Waals surface area contributed by atoms with Gasteiger partial charge in [-0.2, -0.15) is 0 Å². The highest BCUT2D eigenvalue weighted by Crippen LogP contribution is 2.27. The van der Waals surface area contributed by atoms with Gasteiger partial charge in [0.1, 0.15) is 5.75 Å². The molecular weight excluding hydrogens is 424 g/mol. The Hall–Kier alpha value is -0.980. The van der Waals surface area contributed by atoms with E-state index < -0.39 is 0 Å². The van der Waals surface area contributed by atoms with Crippen molar-refractivity contribution < 1.29 is 9.53 Å². The molecule has 21 heavy (non-hydrogen) atoms. The summed E-state index contributed by atoms with van der Waals surface area (Å²) in [6.07, 6.45) is 0. The summed E-state index contributed by atoms with van der Waals surface area (Å²) in [5.41, 5.74) is 1.00. The van der Waals surface area contributed by atoms with Gasteiger partial charge in [-0.1, -0.05) is 23.2 Å². The third kappa shape index (κ3) is 4.25. The standard InChI is InChI=1S/C15H12Cl2INO2/c1-2-21-14-6-3-9(7-12(14)17)15(20)19-13-5-4-10(18)8-11(13)16/h3-8H,2H2,1H3,(H,19,20). The minimum Gasteiger partial charge on any atom is -0.492 e. The fourth-order valence-electron chi connectivity index (χ4n) is 1.70. The molecule has 0 bridgehead atoms. The van der Waals surface area contributed by atoms with Crippen LogP contribution in [0.2, 0.25) is 10.0 Å². The summed E-state index contributed by atoms with van der Waals surface area (Å²) in [4.78, 5) is 12.2. The molecule has 110 valence electrons. The third-order valence-corrected chi connectivity index (χ3v) is 3.95. The number of anilines is 1. The number of carbonyl (C=O) groups excluding carboxylic acids is 1. The first-order chi connectivity index (χ1) is 10.0. The van der Waals surface area contributed by atoms with Crippen LogP contribution in [0.15, 0.2) is 36.4 Å². The average Bonchev–Trinajstić information content (AvgIpc) is 2.44. The van der Waals surface area contributed by atoms with Crippen molar-refractivity contribution in [2.75, 3.05) is 11.9 Å². The molecule has 0 heterocycles. The van der Waals surface area contributed by atoms with E-state index in [1.54, 1.807) is 30.3 Å². The molecule has 0 radical (unpaired) electrons. The van der Waals surface area contributed by atoms with Crippen molar-refractivity contribution in [3.8, 4) is 5.75 Å². The Morgan fingerprint density at radius 3 is 2.57 bits per heavy atom. The van der Waals surface area contributed by atoms with E-state index in [4.69, 9.17) is 27.9 Å². The number of amides is 1. The lowest BCUT2D eigenvalue weighted by Gasteiger charge is -2.10. The number of ether oxygens (including phenoxy) is 1. The summed E-state index contributed by atoms with van der Waals surface area (Å²) < 4.78 is 6.34. The van der Waals surface area contributed by atoms with Crippen molar-refractivity contribution in [3.05, 3.63) is 55.6 Å². The molecule has 1 N–H and O–H groups in total. The lowest BCUT2D eigenvalue weighted by Crippen LogP contribution is -2.12. The quantitative estimate of drug-likeness (QED) is 0.666. The fraction of sp³-hybridized carbons (Fsp3) is 0.133. The number of rotatable bonds is 4. The van der Waals surface area contributed by atoms with Crippen LogP contribution in [-0.2, 0) is 0 Å². The van der Waals surface area contributed by atoms with Gasteiger partial charge < -0.3 is 10.1 Å². The second kappa shape index (κ2) is 7.33. The zero-order valence-corrected chi connectivity index (χ0v) is 14.8. The van der Waals surface area contributed by atoms with Gasteiger partial charge in [0, 0.05) is 9.13 Å². The molecule has 0 unspecified atom stereocenters. The Bertz CT molecular complexity index is 677. The van der Waals surface area contributed by atoms with Crippen LogP contribution in [-0.4, -0.2) is 12.5 Å². The molecule has 3 nitrogen and oxygen atoms in total. The van der Waals surface area contributed by atoms with E-state index in [9.17, 15) is 4.79 Å². The van der Waals surface area contributed by atoms with E-state index >= 15 is 0 Å². The first-order valence-electron chi connectivity index (χ1n) is 6.20. The molecule has 0 atom stereocenters. The molecular formula is C15H12Cl2INO2. The van der Waals surface area contributed by atoms with Gasteiger partial charge in [0.2, 0.25) is 0 Å². The number of carbonyl (C=O) groups is 1. The molecule has 0 aliphatic rings. The Labute approximate surface area is 146 Å².